The van der Waals surface area contributed by atoms with E-state index in [1.807, 2.05) is 0 Å². The highest BCUT2D eigenvalue weighted by Crippen LogP contribution is 2.34. The molecule has 0 radical (unpaired) electrons. The van der Waals surface area contributed by atoms with Gasteiger partial charge in [-0.2, -0.15) is 0 Å². The summed E-state index contributed by atoms with van der Waals surface area (Å²) in [6.45, 7) is 4.59. The Morgan fingerprint density at radius 1 is 1.08 bits per heavy atom. The van der Waals surface area contributed by atoms with E-state index in [2.05, 4.69) is 13.8 Å². The van der Waals surface area contributed by atoms with E-state index in [0.29, 0.717) is 12.2 Å². The lowest BCUT2D eigenvalue weighted by molar-refractivity contribution is -0.0850. The summed E-state index contributed by atoms with van der Waals surface area (Å²) >= 11 is 0. The van der Waals surface area contributed by atoms with E-state index in [0.717, 1.165) is 24.7 Å². The highest BCUT2D eigenvalue weighted by molar-refractivity contribution is 4.84. The second kappa shape index (κ2) is 4.97. The van der Waals surface area contributed by atoms with Crippen molar-refractivity contribution < 1.29 is 9.47 Å². The Morgan fingerprint density at radius 3 is 2.08 bits per heavy atom. The Balaban J connectivity index is 2.54. The fourth-order valence-electron chi connectivity index (χ4n) is 2.46. The van der Waals surface area contributed by atoms with Crippen molar-refractivity contribution in [3.63, 3.8) is 0 Å². The first-order chi connectivity index (χ1) is 6.22. The zero-order chi connectivity index (χ0) is 9.84. The summed E-state index contributed by atoms with van der Waals surface area (Å²) in [5, 5.41) is 0. The average Bonchev–Trinajstić information content (AvgIpc) is 2.17. The van der Waals surface area contributed by atoms with Crippen LogP contribution in [0.4, 0.5) is 0 Å². The second-order valence-corrected chi connectivity index (χ2v) is 4.17. The Bertz CT molecular complexity index is 147. The van der Waals surface area contributed by atoms with Gasteiger partial charge in [-0.1, -0.05) is 20.3 Å². The summed E-state index contributed by atoms with van der Waals surface area (Å²) in [6, 6.07) is 0. The standard InChI is InChI=1S/C11H22O2/c1-5-9-7-11(13-4)10(12-3)6-8(9)2/h8-11H,5-7H2,1-4H3/t8?,9?,10?,11-/m0/s1. The maximum absolute atomic E-state index is 5.45. The first-order valence-electron chi connectivity index (χ1n) is 5.28. The number of hydrogen-bond acceptors (Lipinski definition) is 2. The van der Waals surface area contributed by atoms with Crippen molar-refractivity contribution in [2.75, 3.05) is 14.2 Å². The second-order valence-electron chi connectivity index (χ2n) is 4.17. The fraction of sp³-hybridized carbons (Fsp3) is 1.00. The Morgan fingerprint density at radius 2 is 1.62 bits per heavy atom. The quantitative estimate of drug-likeness (QED) is 0.674. The molecule has 1 aliphatic carbocycles. The van der Waals surface area contributed by atoms with Gasteiger partial charge >= 0.3 is 0 Å². The molecule has 0 aromatic carbocycles. The number of methoxy groups -OCH3 is 2. The summed E-state index contributed by atoms with van der Waals surface area (Å²) in [5.41, 5.74) is 0. The SMILES string of the molecule is CCC1C[C@H](OC)C(OC)CC1C. The van der Waals surface area contributed by atoms with E-state index >= 15 is 0 Å². The van der Waals surface area contributed by atoms with Crippen LogP contribution in [0.1, 0.15) is 33.1 Å². The van der Waals surface area contributed by atoms with Crippen molar-refractivity contribution in [3.05, 3.63) is 0 Å². The van der Waals surface area contributed by atoms with Crippen molar-refractivity contribution in [3.8, 4) is 0 Å². The zero-order valence-electron chi connectivity index (χ0n) is 9.25. The number of ether oxygens (including phenoxy) is 2. The van der Waals surface area contributed by atoms with Crippen LogP contribution >= 0.6 is 0 Å². The molecule has 0 aromatic rings. The monoisotopic (exact) mass is 186 g/mol. The van der Waals surface area contributed by atoms with Crippen LogP contribution in [-0.4, -0.2) is 26.4 Å². The van der Waals surface area contributed by atoms with Gasteiger partial charge in [-0.25, -0.2) is 0 Å². The Kier molecular flexibility index (Phi) is 4.20. The molecule has 78 valence electrons. The molecule has 2 heteroatoms. The molecule has 0 aliphatic heterocycles. The maximum atomic E-state index is 5.45. The van der Waals surface area contributed by atoms with E-state index in [9.17, 15) is 0 Å². The largest absolute Gasteiger partial charge is 0.379 e. The van der Waals surface area contributed by atoms with Crippen LogP contribution < -0.4 is 0 Å². The predicted molar refractivity (Wildman–Crippen MR) is 53.8 cm³/mol. The summed E-state index contributed by atoms with van der Waals surface area (Å²) in [6.07, 6.45) is 4.19. The molecule has 1 saturated carbocycles. The first-order valence-corrected chi connectivity index (χ1v) is 5.28. The van der Waals surface area contributed by atoms with Crippen LogP contribution in [0.5, 0.6) is 0 Å². The van der Waals surface area contributed by atoms with Crippen molar-refractivity contribution in [1.29, 1.82) is 0 Å². The van der Waals surface area contributed by atoms with E-state index in [4.69, 9.17) is 9.47 Å². The molecule has 13 heavy (non-hydrogen) atoms. The van der Waals surface area contributed by atoms with Gasteiger partial charge in [0.25, 0.3) is 0 Å². The van der Waals surface area contributed by atoms with Crippen LogP contribution in [0.25, 0.3) is 0 Å². The molecule has 2 nitrogen and oxygen atoms in total. The summed E-state index contributed by atoms with van der Waals surface area (Å²) in [4.78, 5) is 0. The molecular formula is C11H22O2. The predicted octanol–water partition coefficient (Wildman–Crippen LogP) is 2.47. The van der Waals surface area contributed by atoms with Crippen LogP contribution in [-0.2, 0) is 9.47 Å². The third-order valence-electron chi connectivity index (χ3n) is 3.49. The zero-order valence-corrected chi connectivity index (χ0v) is 9.25. The van der Waals surface area contributed by atoms with E-state index in [-0.39, 0.29) is 0 Å². The fourth-order valence-corrected chi connectivity index (χ4v) is 2.46. The molecule has 1 rings (SSSR count). The molecule has 1 fully saturated rings. The van der Waals surface area contributed by atoms with Gasteiger partial charge in [0.1, 0.15) is 0 Å². The van der Waals surface area contributed by atoms with Gasteiger partial charge in [0.05, 0.1) is 12.2 Å². The molecule has 0 N–H and O–H groups in total. The van der Waals surface area contributed by atoms with Gasteiger partial charge in [0, 0.05) is 14.2 Å². The van der Waals surface area contributed by atoms with E-state index in [1.54, 1.807) is 14.2 Å². The lowest BCUT2D eigenvalue weighted by Gasteiger charge is -2.38. The van der Waals surface area contributed by atoms with Crippen molar-refractivity contribution in [2.24, 2.45) is 11.8 Å². The molecule has 0 bridgehead atoms. The molecular weight excluding hydrogens is 164 g/mol. The average molecular weight is 186 g/mol. The molecule has 0 heterocycles. The molecule has 1 aliphatic rings. The van der Waals surface area contributed by atoms with Crippen molar-refractivity contribution >= 4 is 0 Å². The van der Waals surface area contributed by atoms with Gasteiger partial charge < -0.3 is 9.47 Å². The van der Waals surface area contributed by atoms with Crippen molar-refractivity contribution in [2.45, 2.75) is 45.3 Å². The molecule has 4 atom stereocenters. The molecule has 3 unspecified atom stereocenters. The van der Waals surface area contributed by atoms with Crippen molar-refractivity contribution in [1.82, 2.24) is 0 Å². The lowest BCUT2D eigenvalue weighted by atomic mass is 9.76. The van der Waals surface area contributed by atoms with E-state index in [1.165, 1.54) is 6.42 Å². The molecule has 0 spiro atoms. The minimum Gasteiger partial charge on any atom is -0.379 e. The van der Waals surface area contributed by atoms with Crippen LogP contribution in [0.3, 0.4) is 0 Å². The van der Waals surface area contributed by atoms with E-state index < -0.39 is 0 Å². The van der Waals surface area contributed by atoms with Gasteiger partial charge in [-0.15, -0.1) is 0 Å². The normalized spacial score (nSPS) is 40.6. The van der Waals surface area contributed by atoms with Crippen LogP contribution in [0, 0.1) is 11.8 Å². The highest BCUT2D eigenvalue weighted by atomic mass is 16.5. The third-order valence-corrected chi connectivity index (χ3v) is 3.49. The third kappa shape index (κ3) is 2.44. The van der Waals surface area contributed by atoms with Crippen LogP contribution in [0.15, 0.2) is 0 Å². The molecule has 0 amide bonds. The first kappa shape index (κ1) is 11.0. The molecule has 0 saturated heterocycles. The van der Waals surface area contributed by atoms with Gasteiger partial charge in [-0.3, -0.25) is 0 Å². The minimum atomic E-state index is 0.308. The highest BCUT2D eigenvalue weighted by Gasteiger charge is 2.34. The Hall–Kier alpha value is -0.0800. The topological polar surface area (TPSA) is 18.5 Å². The lowest BCUT2D eigenvalue weighted by Crippen LogP contribution is -2.40. The smallest absolute Gasteiger partial charge is 0.0835 e. The summed E-state index contributed by atoms with van der Waals surface area (Å²) < 4.78 is 10.9. The van der Waals surface area contributed by atoms with Gasteiger partial charge in [0.15, 0.2) is 0 Å². The van der Waals surface area contributed by atoms with Crippen LogP contribution in [0.2, 0.25) is 0 Å². The number of hydrogen-bond donors (Lipinski definition) is 0. The Labute approximate surface area is 81.6 Å². The van der Waals surface area contributed by atoms with Gasteiger partial charge in [0.2, 0.25) is 0 Å². The molecule has 0 aromatic heterocycles. The maximum Gasteiger partial charge on any atom is 0.0835 e. The number of rotatable bonds is 3. The van der Waals surface area contributed by atoms with Gasteiger partial charge in [-0.05, 0) is 24.7 Å². The summed E-state index contributed by atoms with van der Waals surface area (Å²) in [7, 11) is 3.58. The summed E-state index contributed by atoms with van der Waals surface area (Å²) in [5.74, 6) is 1.60. The minimum absolute atomic E-state index is 0.308.